The van der Waals surface area contributed by atoms with Crippen LogP contribution in [-0.4, -0.2) is 17.3 Å². The highest BCUT2D eigenvalue weighted by Gasteiger charge is 2.25. The van der Waals surface area contributed by atoms with Crippen LogP contribution in [0.3, 0.4) is 0 Å². The summed E-state index contributed by atoms with van der Waals surface area (Å²) in [5.41, 5.74) is 3.80. The first-order valence-electron chi connectivity index (χ1n) is 7.08. The smallest absolute Gasteiger partial charge is 0.0994 e. The predicted molar refractivity (Wildman–Crippen MR) is 81.7 cm³/mol. The van der Waals surface area contributed by atoms with Gasteiger partial charge in [-0.1, -0.05) is 30.3 Å². The molecule has 4 rings (SSSR count). The second-order valence-electron chi connectivity index (χ2n) is 5.58. The summed E-state index contributed by atoms with van der Waals surface area (Å²) in [5, 5.41) is 5.95. The van der Waals surface area contributed by atoms with Crippen LogP contribution in [0.4, 0.5) is 0 Å². The molecule has 3 aromatic rings. The number of para-hydroxylation sites is 1. The molecule has 2 aromatic carbocycles. The van der Waals surface area contributed by atoms with Crippen molar-refractivity contribution < 1.29 is 4.74 Å². The lowest BCUT2D eigenvalue weighted by molar-refractivity contribution is 0.105. The molecular formula is C17H18N2O. The molecule has 0 radical (unpaired) electrons. The predicted octanol–water partition coefficient (Wildman–Crippen LogP) is 3.34. The topological polar surface area (TPSA) is 26.2 Å². The van der Waals surface area contributed by atoms with Gasteiger partial charge in [-0.3, -0.25) is 5.32 Å². The second-order valence-corrected chi connectivity index (χ2v) is 5.58. The maximum Gasteiger partial charge on any atom is 0.0994 e. The Kier molecular flexibility index (Phi) is 2.59. The summed E-state index contributed by atoms with van der Waals surface area (Å²) in [5.74, 6) is 0. The van der Waals surface area contributed by atoms with Gasteiger partial charge in [-0.05, 0) is 24.6 Å². The molecule has 0 amide bonds. The fourth-order valence-electron chi connectivity index (χ4n) is 3.26. The molecule has 1 fully saturated rings. The molecule has 1 N–H and O–H groups in total. The first kappa shape index (κ1) is 11.9. The van der Waals surface area contributed by atoms with Crippen molar-refractivity contribution in [3.63, 3.8) is 0 Å². The average molecular weight is 266 g/mol. The lowest BCUT2D eigenvalue weighted by atomic mass is 10.0. The minimum atomic E-state index is 0.150. The van der Waals surface area contributed by atoms with Crippen molar-refractivity contribution in [2.24, 2.45) is 7.05 Å². The number of nitrogens with zero attached hydrogens (tertiary/aromatic N) is 1. The molecule has 2 heterocycles. The minimum absolute atomic E-state index is 0.150. The van der Waals surface area contributed by atoms with Gasteiger partial charge in [0.25, 0.3) is 0 Å². The fourth-order valence-corrected chi connectivity index (χ4v) is 3.26. The number of rotatable bonds is 1. The van der Waals surface area contributed by atoms with Gasteiger partial charge in [0.05, 0.1) is 12.8 Å². The highest BCUT2D eigenvalue weighted by atomic mass is 16.5. The van der Waals surface area contributed by atoms with E-state index in [0.717, 1.165) is 0 Å². The number of hydrogen-bond acceptors (Lipinski definition) is 2. The Bertz CT molecular complexity index is 790. The number of aryl methyl sites for hydroxylation is 1. The SMILES string of the molecule is CC1NCOC1c1ccc2c3ccccc3n(C)c2c1. The molecule has 1 saturated heterocycles. The maximum atomic E-state index is 5.79. The van der Waals surface area contributed by atoms with Crippen molar-refractivity contribution in [2.75, 3.05) is 6.73 Å². The normalized spacial score (nSPS) is 22.9. The lowest BCUT2D eigenvalue weighted by Gasteiger charge is -2.14. The van der Waals surface area contributed by atoms with Crippen molar-refractivity contribution in [3.8, 4) is 0 Å². The van der Waals surface area contributed by atoms with Crippen LogP contribution in [0.1, 0.15) is 18.6 Å². The molecule has 3 nitrogen and oxygen atoms in total. The van der Waals surface area contributed by atoms with Crippen molar-refractivity contribution in [1.29, 1.82) is 0 Å². The van der Waals surface area contributed by atoms with E-state index in [1.54, 1.807) is 0 Å². The van der Waals surface area contributed by atoms with Gasteiger partial charge in [0.15, 0.2) is 0 Å². The molecule has 102 valence electrons. The third-order valence-corrected chi connectivity index (χ3v) is 4.39. The Balaban J connectivity index is 1.95. The van der Waals surface area contributed by atoms with Gasteiger partial charge in [0.1, 0.15) is 0 Å². The third kappa shape index (κ3) is 1.60. The Morgan fingerprint density at radius 1 is 1.10 bits per heavy atom. The molecule has 1 aromatic heterocycles. The summed E-state index contributed by atoms with van der Waals surface area (Å²) in [6.07, 6.45) is 0.150. The molecule has 0 aliphatic carbocycles. The van der Waals surface area contributed by atoms with Crippen molar-refractivity contribution in [3.05, 3.63) is 48.0 Å². The van der Waals surface area contributed by atoms with Gasteiger partial charge in [0.2, 0.25) is 0 Å². The number of ether oxygens (including phenoxy) is 1. The van der Waals surface area contributed by atoms with E-state index < -0.39 is 0 Å². The Morgan fingerprint density at radius 2 is 1.90 bits per heavy atom. The van der Waals surface area contributed by atoms with E-state index >= 15 is 0 Å². The van der Waals surface area contributed by atoms with Gasteiger partial charge in [-0.15, -0.1) is 0 Å². The van der Waals surface area contributed by atoms with E-state index in [4.69, 9.17) is 4.74 Å². The molecule has 0 saturated carbocycles. The first-order valence-corrected chi connectivity index (χ1v) is 7.08. The van der Waals surface area contributed by atoms with Crippen LogP contribution in [-0.2, 0) is 11.8 Å². The summed E-state index contributed by atoms with van der Waals surface area (Å²) in [6, 6.07) is 15.6. The largest absolute Gasteiger partial charge is 0.357 e. The number of nitrogens with one attached hydrogen (secondary N) is 1. The molecule has 0 bridgehead atoms. The van der Waals surface area contributed by atoms with E-state index in [2.05, 4.69) is 66.3 Å². The summed E-state index contributed by atoms with van der Waals surface area (Å²) in [4.78, 5) is 0. The van der Waals surface area contributed by atoms with Gasteiger partial charge < -0.3 is 9.30 Å². The lowest BCUT2D eigenvalue weighted by Crippen LogP contribution is -2.21. The number of aromatic nitrogens is 1. The molecule has 1 aliphatic rings. The van der Waals surface area contributed by atoms with E-state index in [-0.39, 0.29) is 6.10 Å². The van der Waals surface area contributed by atoms with E-state index in [1.165, 1.54) is 27.4 Å². The van der Waals surface area contributed by atoms with Crippen molar-refractivity contribution >= 4 is 21.8 Å². The molecule has 2 unspecified atom stereocenters. The standard InChI is InChI=1S/C17H18N2O/c1-11-17(20-10-18-11)12-7-8-14-13-5-3-4-6-15(13)19(2)16(14)9-12/h3-9,11,17-18H,10H2,1-2H3. The molecule has 2 atom stereocenters. The summed E-state index contributed by atoms with van der Waals surface area (Å²) in [6.45, 7) is 2.81. The number of hydrogen-bond donors (Lipinski definition) is 1. The van der Waals surface area contributed by atoms with Crippen LogP contribution >= 0.6 is 0 Å². The summed E-state index contributed by atoms with van der Waals surface area (Å²) < 4.78 is 8.06. The Morgan fingerprint density at radius 3 is 2.70 bits per heavy atom. The van der Waals surface area contributed by atoms with Crippen LogP contribution in [0.25, 0.3) is 21.8 Å². The molecule has 3 heteroatoms. The quantitative estimate of drug-likeness (QED) is 0.731. The monoisotopic (exact) mass is 266 g/mol. The van der Waals surface area contributed by atoms with Crippen molar-refractivity contribution in [2.45, 2.75) is 19.1 Å². The number of benzene rings is 2. The van der Waals surface area contributed by atoms with Gasteiger partial charge in [0, 0.05) is 34.9 Å². The zero-order valence-electron chi connectivity index (χ0n) is 11.8. The molecular weight excluding hydrogens is 248 g/mol. The van der Waals surface area contributed by atoms with Crippen LogP contribution in [0.15, 0.2) is 42.5 Å². The zero-order valence-corrected chi connectivity index (χ0v) is 11.8. The van der Waals surface area contributed by atoms with Gasteiger partial charge in [-0.2, -0.15) is 0 Å². The minimum Gasteiger partial charge on any atom is -0.357 e. The van der Waals surface area contributed by atoms with E-state index in [0.29, 0.717) is 12.8 Å². The number of fused-ring (bicyclic) bond motifs is 3. The van der Waals surface area contributed by atoms with Crippen LogP contribution < -0.4 is 5.32 Å². The van der Waals surface area contributed by atoms with E-state index in [1.807, 2.05) is 0 Å². The molecule has 1 aliphatic heterocycles. The van der Waals surface area contributed by atoms with Crippen LogP contribution in [0.2, 0.25) is 0 Å². The highest BCUT2D eigenvalue weighted by molar-refractivity contribution is 6.08. The second kappa shape index (κ2) is 4.33. The Hall–Kier alpha value is -1.84. The van der Waals surface area contributed by atoms with Crippen LogP contribution in [0, 0.1) is 0 Å². The maximum absolute atomic E-state index is 5.79. The summed E-state index contributed by atoms with van der Waals surface area (Å²) >= 11 is 0. The average Bonchev–Trinajstić information content (AvgIpc) is 3.02. The van der Waals surface area contributed by atoms with E-state index in [9.17, 15) is 0 Å². The van der Waals surface area contributed by atoms with Crippen LogP contribution in [0.5, 0.6) is 0 Å². The van der Waals surface area contributed by atoms with Crippen molar-refractivity contribution in [1.82, 2.24) is 9.88 Å². The van der Waals surface area contributed by atoms with Gasteiger partial charge in [-0.25, -0.2) is 0 Å². The molecule has 0 spiro atoms. The fraction of sp³-hybridized carbons (Fsp3) is 0.294. The summed E-state index contributed by atoms with van der Waals surface area (Å²) in [7, 11) is 2.13. The third-order valence-electron chi connectivity index (χ3n) is 4.39. The van der Waals surface area contributed by atoms with Gasteiger partial charge >= 0.3 is 0 Å². The zero-order chi connectivity index (χ0) is 13.7. The Labute approximate surface area is 118 Å². The first-order chi connectivity index (χ1) is 9.75. The highest BCUT2D eigenvalue weighted by Crippen LogP contribution is 2.32. The molecule has 20 heavy (non-hydrogen) atoms.